The van der Waals surface area contributed by atoms with Gasteiger partial charge in [0.25, 0.3) is 11.1 Å². The van der Waals surface area contributed by atoms with Gasteiger partial charge in [0.2, 0.25) is 0 Å². The van der Waals surface area contributed by atoms with Crippen LogP contribution in [-0.2, 0) is 0 Å². The van der Waals surface area contributed by atoms with Crippen LogP contribution in [0.25, 0.3) is 21.5 Å². The summed E-state index contributed by atoms with van der Waals surface area (Å²) < 4.78 is 0.811. The van der Waals surface area contributed by atoms with Crippen LogP contribution < -0.4 is 22.5 Å². The van der Waals surface area contributed by atoms with E-state index in [9.17, 15) is 14.4 Å². The molecule has 0 aromatic carbocycles. The van der Waals surface area contributed by atoms with Crippen molar-refractivity contribution < 1.29 is 0 Å². The zero-order valence-electron chi connectivity index (χ0n) is 9.74. The quantitative estimate of drug-likeness (QED) is 0.519. The maximum Gasteiger partial charge on any atom is 0.327 e. The second kappa shape index (κ2) is 4.46. The van der Waals surface area contributed by atoms with E-state index in [2.05, 4.69) is 30.9 Å². The van der Waals surface area contributed by atoms with E-state index >= 15 is 0 Å². The average molecular weight is 355 g/mol. The van der Waals surface area contributed by atoms with Crippen LogP contribution >= 0.6 is 27.3 Å². The summed E-state index contributed by atoms with van der Waals surface area (Å²) in [6, 6.07) is 1.75. The maximum atomic E-state index is 12.0. The highest BCUT2D eigenvalue weighted by Gasteiger charge is 2.17. The second-order valence-corrected chi connectivity index (χ2v) is 5.86. The number of hydrogen-bond acceptors (Lipinski definition) is 5. The minimum atomic E-state index is -0.693. The zero-order valence-corrected chi connectivity index (χ0v) is 12.1. The fourth-order valence-corrected chi connectivity index (χ4v) is 3.44. The number of halogens is 1. The molecule has 3 aromatic rings. The summed E-state index contributed by atoms with van der Waals surface area (Å²) in [5.41, 5.74) is 4.25. The first-order valence-corrected chi connectivity index (χ1v) is 7.07. The molecule has 0 aliphatic heterocycles. The van der Waals surface area contributed by atoms with Crippen LogP contribution in [0.1, 0.15) is 0 Å². The molecule has 0 bridgehead atoms. The smallest absolute Gasteiger partial charge is 0.327 e. The number of H-pyrrole nitrogens is 3. The van der Waals surface area contributed by atoms with Crippen LogP contribution in [0.2, 0.25) is 0 Å². The van der Waals surface area contributed by atoms with Gasteiger partial charge >= 0.3 is 5.69 Å². The van der Waals surface area contributed by atoms with Gasteiger partial charge in [0.1, 0.15) is 11.3 Å². The van der Waals surface area contributed by atoms with Gasteiger partial charge in [0, 0.05) is 20.3 Å². The van der Waals surface area contributed by atoms with Crippen LogP contribution in [0, 0.1) is 0 Å². The lowest BCUT2D eigenvalue weighted by atomic mass is 10.1. The highest BCUT2D eigenvalue weighted by molar-refractivity contribution is 9.10. The van der Waals surface area contributed by atoms with Crippen molar-refractivity contribution >= 4 is 44.0 Å². The molecule has 0 fully saturated rings. The number of nitrogens with one attached hydrogen (secondary N) is 3. The molecule has 0 radical (unpaired) electrons. The van der Waals surface area contributed by atoms with Crippen molar-refractivity contribution in [2.75, 3.05) is 5.73 Å². The molecule has 3 heterocycles. The Morgan fingerprint density at radius 1 is 1.10 bits per heavy atom. The Morgan fingerprint density at radius 3 is 2.50 bits per heavy atom. The van der Waals surface area contributed by atoms with Gasteiger partial charge in [-0.2, -0.15) is 0 Å². The highest BCUT2D eigenvalue weighted by Crippen LogP contribution is 2.34. The third-order valence-corrected chi connectivity index (χ3v) is 4.47. The van der Waals surface area contributed by atoms with Crippen molar-refractivity contribution in [2.45, 2.75) is 0 Å². The second-order valence-electron chi connectivity index (χ2n) is 4.03. The summed E-state index contributed by atoms with van der Waals surface area (Å²) in [5, 5.41) is 1.96. The number of aromatic nitrogens is 3. The van der Waals surface area contributed by atoms with Crippen LogP contribution in [0.15, 0.2) is 30.3 Å². The summed E-state index contributed by atoms with van der Waals surface area (Å²) in [5.74, 6) is 0. The molecule has 20 heavy (non-hydrogen) atoms. The molecule has 102 valence electrons. The molecule has 0 saturated heterocycles. The molecule has 5 N–H and O–H groups in total. The van der Waals surface area contributed by atoms with E-state index in [-0.39, 0.29) is 16.7 Å². The van der Waals surface area contributed by atoms with Gasteiger partial charge < -0.3 is 10.7 Å². The first-order valence-electron chi connectivity index (χ1n) is 5.40. The van der Waals surface area contributed by atoms with E-state index < -0.39 is 16.8 Å². The number of nitrogen functional groups attached to an aromatic ring is 1. The van der Waals surface area contributed by atoms with Gasteiger partial charge in [-0.25, -0.2) is 4.79 Å². The first-order chi connectivity index (χ1) is 9.47. The molecule has 0 atom stereocenters. The zero-order chi connectivity index (χ0) is 14.4. The Labute approximate surface area is 122 Å². The van der Waals surface area contributed by atoms with Crippen molar-refractivity contribution in [3.05, 3.63) is 47.1 Å². The molecule has 7 nitrogen and oxygen atoms in total. The van der Waals surface area contributed by atoms with E-state index in [0.717, 1.165) is 4.47 Å². The number of pyridine rings is 1. The summed E-state index contributed by atoms with van der Waals surface area (Å²) in [6.07, 6.45) is 0. The topological polar surface area (TPSA) is 125 Å². The fraction of sp³-hybridized carbons (Fsp3) is 0. The number of nitrogens with two attached hydrogens (primary N) is 1. The monoisotopic (exact) mass is 354 g/mol. The van der Waals surface area contributed by atoms with Gasteiger partial charge in [-0.15, -0.1) is 11.3 Å². The minimum absolute atomic E-state index is 0.0532. The Hall–Kier alpha value is -2.13. The largest absolute Gasteiger partial charge is 0.394 e. The molecule has 3 aromatic heterocycles. The van der Waals surface area contributed by atoms with E-state index in [0.29, 0.717) is 10.4 Å². The van der Waals surface area contributed by atoms with Gasteiger partial charge in [-0.3, -0.25) is 19.6 Å². The molecule has 9 heteroatoms. The van der Waals surface area contributed by atoms with E-state index in [1.165, 1.54) is 11.3 Å². The fourth-order valence-electron chi connectivity index (χ4n) is 1.95. The molecule has 0 unspecified atom stereocenters. The lowest BCUT2D eigenvalue weighted by Gasteiger charge is -2.06. The molecule has 0 spiro atoms. The van der Waals surface area contributed by atoms with Crippen LogP contribution in [0.3, 0.4) is 0 Å². The SMILES string of the molecule is Nc1c(-c2cc(Br)cs2)c2c(=O)[nH]c(=O)[nH]c2[nH]c1=O. The summed E-state index contributed by atoms with van der Waals surface area (Å²) in [6.45, 7) is 0. The number of aromatic amines is 3. The van der Waals surface area contributed by atoms with Crippen LogP contribution in [0.4, 0.5) is 5.69 Å². The number of anilines is 1. The molecule has 0 aliphatic rings. The Balaban J connectivity index is 2.58. The van der Waals surface area contributed by atoms with Crippen molar-refractivity contribution in [1.29, 1.82) is 0 Å². The van der Waals surface area contributed by atoms with E-state index in [1.54, 1.807) is 6.07 Å². The predicted octanol–water partition coefficient (Wildman–Crippen LogP) is 0.978. The van der Waals surface area contributed by atoms with Crippen molar-refractivity contribution in [1.82, 2.24) is 15.0 Å². The Morgan fingerprint density at radius 2 is 1.85 bits per heavy atom. The third-order valence-electron chi connectivity index (χ3n) is 2.76. The van der Waals surface area contributed by atoms with Crippen molar-refractivity contribution in [2.24, 2.45) is 0 Å². The molecular weight excluding hydrogens is 348 g/mol. The van der Waals surface area contributed by atoms with Gasteiger partial charge in [0.15, 0.2) is 0 Å². The average Bonchev–Trinajstić information content (AvgIpc) is 2.78. The summed E-state index contributed by atoms with van der Waals surface area (Å²) >= 11 is 4.64. The van der Waals surface area contributed by atoms with E-state index in [1.807, 2.05) is 5.38 Å². The number of fused-ring (bicyclic) bond motifs is 1. The van der Waals surface area contributed by atoms with Gasteiger partial charge in [-0.05, 0) is 22.0 Å². The Kier molecular flexibility index (Phi) is 2.87. The molecular formula is C11H7BrN4O3S. The van der Waals surface area contributed by atoms with E-state index in [4.69, 9.17) is 5.73 Å². The maximum absolute atomic E-state index is 12.0. The molecule has 0 saturated carbocycles. The molecule has 3 rings (SSSR count). The van der Waals surface area contributed by atoms with Crippen molar-refractivity contribution in [3.8, 4) is 10.4 Å². The number of hydrogen-bond donors (Lipinski definition) is 4. The molecule has 0 amide bonds. The van der Waals surface area contributed by atoms with Crippen LogP contribution in [0.5, 0.6) is 0 Å². The highest BCUT2D eigenvalue weighted by atomic mass is 79.9. The van der Waals surface area contributed by atoms with Crippen molar-refractivity contribution in [3.63, 3.8) is 0 Å². The lowest BCUT2D eigenvalue weighted by Crippen LogP contribution is -2.26. The normalized spacial score (nSPS) is 11.1. The number of thiophene rings is 1. The summed E-state index contributed by atoms with van der Waals surface area (Å²) in [7, 11) is 0. The summed E-state index contributed by atoms with van der Waals surface area (Å²) in [4.78, 5) is 42.7. The Bertz CT molecular complexity index is 997. The standard InChI is InChI=1S/C11H7BrN4O3S/c12-3-1-4(20-2-3)5-6-8(14-10(18)7(5)13)15-11(19)16-9(6)17/h1-2H,13H2,(H3,14,15,16,17,18,19). The first kappa shape index (κ1) is 12.9. The predicted molar refractivity (Wildman–Crippen MR) is 81.2 cm³/mol. The van der Waals surface area contributed by atoms with Gasteiger partial charge in [0.05, 0.1) is 5.39 Å². The minimum Gasteiger partial charge on any atom is -0.394 e. The number of rotatable bonds is 1. The third kappa shape index (κ3) is 1.91. The lowest BCUT2D eigenvalue weighted by molar-refractivity contribution is 1.06. The molecule has 0 aliphatic carbocycles. The van der Waals surface area contributed by atoms with Crippen LogP contribution in [-0.4, -0.2) is 15.0 Å². The van der Waals surface area contributed by atoms with Gasteiger partial charge in [-0.1, -0.05) is 0 Å².